The van der Waals surface area contributed by atoms with Gasteiger partial charge in [0.1, 0.15) is 0 Å². The molecule has 1 amide bonds. The van der Waals surface area contributed by atoms with E-state index in [-0.39, 0.29) is 23.4 Å². The third-order valence-corrected chi connectivity index (χ3v) is 3.55. The van der Waals surface area contributed by atoms with E-state index >= 15 is 0 Å². The molecule has 0 aromatic heterocycles. The molecule has 0 aliphatic rings. The second kappa shape index (κ2) is 7.38. The van der Waals surface area contributed by atoms with Gasteiger partial charge in [-0.25, -0.2) is 0 Å². The number of benzene rings is 1. The van der Waals surface area contributed by atoms with Gasteiger partial charge in [-0.05, 0) is 31.0 Å². The van der Waals surface area contributed by atoms with Crippen molar-refractivity contribution in [3.05, 3.63) is 23.8 Å². The highest BCUT2D eigenvalue weighted by Crippen LogP contribution is 2.26. The van der Waals surface area contributed by atoms with Gasteiger partial charge < -0.3 is 15.1 Å². The first-order valence-corrected chi connectivity index (χ1v) is 7.56. The Kier molecular flexibility index (Phi) is 6.15. The zero-order valence-electron chi connectivity index (χ0n) is 11.3. The smallest absolute Gasteiger partial charge is 0.254 e. The molecule has 5 heteroatoms. The highest BCUT2D eigenvalue weighted by atomic mass is 79.9. The molecule has 0 saturated heterocycles. The van der Waals surface area contributed by atoms with E-state index in [1.165, 1.54) is 18.2 Å². The van der Waals surface area contributed by atoms with Gasteiger partial charge in [-0.15, -0.1) is 0 Å². The van der Waals surface area contributed by atoms with Crippen molar-refractivity contribution in [2.24, 2.45) is 0 Å². The van der Waals surface area contributed by atoms with Crippen molar-refractivity contribution in [2.45, 2.75) is 32.7 Å². The van der Waals surface area contributed by atoms with Gasteiger partial charge in [0.05, 0.1) is 0 Å². The first-order chi connectivity index (χ1) is 9.04. The van der Waals surface area contributed by atoms with E-state index in [4.69, 9.17) is 0 Å². The summed E-state index contributed by atoms with van der Waals surface area (Å²) in [5, 5.41) is 19.5. The van der Waals surface area contributed by atoms with Gasteiger partial charge in [-0.3, -0.25) is 4.79 Å². The Morgan fingerprint density at radius 2 is 1.89 bits per heavy atom. The summed E-state index contributed by atoms with van der Waals surface area (Å²) in [6.45, 7) is 4.72. The summed E-state index contributed by atoms with van der Waals surface area (Å²) in [6, 6.07) is 4.35. The molecule has 0 aliphatic heterocycles. The second-order valence-electron chi connectivity index (χ2n) is 4.36. The Bertz CT molecular complexity index is 433. The number of halogens is 1. The van der Waals surface area contributed by atoms with Crippen molar-refractivity contribution in [1.29, 1.82) is 0 Å². The van der Waals surface area contributed by atoms with Crippen molar-refractivity contribution in [1.82, 2.24) is 4.90 Å². The fourth-order valence-corrected chi connectivity index (χ4v) is 2.47. The molecule has 1 aromatic carbocycles. The Morgan fingerprint density at radius 1 is 1.26 bits per heavy atom. The molecule has 0 spiro atoms. The minimum absolute atomic E-state index is 0.122. The molecule has 4 nitrogen and oxygen atoms in total. The molecule has 0 radical (unpaired) electrons. The predicted molar refractivity (Wildman–Crippen MR) is 79.0 cm³/mol. The number of hydrogen-bond acceptors (Lipinski definition) is 3. The minimum Gasteiger partial charge on any atom is -0.504 e. The monoisotopic (exact) mass is 329 g/mol. The van der Waals surface area contributed by atoms with Gasteiger partial charge >= 0.3 is 0 Å². The van der Waals surface area contributed by atoms with Crippen LogP contribution in [0, 0.1) is 0 Å². The molecule has 19 heavy (non-hydrogen) atoms. The second-order valence-corrected chi connectivity index (χ2v) is 5.15. The Hall–Kier alpha value is -1.23. The van der Waals surface area contributed by atoms with Crippen LogP contribution in [0.3, 0.4) is 0 Å². The molecule has 0 aliphatic carbocycles. The van der Waals surface area contributed by atoms with E-state index in [9.17, 15) is 15.0 Å². The fraction of sp³-hybridized carbons (Fsp3) is 0.500. The quantitative estimate of drug-likeness (QED) is 0.622. The maximum absolute atomic E-state index is 12.5. The minimum atomic E-state index is -0.269. The Labute approximate surface area is 122 Å². The number of aromatic hydroxyl groups is 2. The lowest BCUT2D eigenvalue weighted by atomic mass is 10.1. The number of nitrogens with zero attached hydrogens (tertiary/aromatic N) is 1. The summed E-state index contributed by atoms with van der Waals surface area (Å²) < 4.78 is 0. The lowest BCUT2D eigenvalue weighted by Gasteiger charge is -2.30. The number of rotatable bonds is 6. The van der Waals surface area contributed by atoms with Gasteiger partial charge in [0.15, 0.2) is 11.5 Å². The molecule has 2 N–H and O–H groups in total. The van der Waals surface area contributed by atoms with Crippen LogP contribution in [0.1, 0.15) is 37.0 Å². The molecule has 106 valence electrons. The molecule has 0 atom stereocenters. The summed E-state index contributed by atoms with van der Waals surface area (Å²) in [5.41, 5.74) is 0.392. The molecule has 0 heterocycles. The van der Waals surface area contributed by atoms with Gasteiger partial charge in [0.2, 0.25) is 0 Å². The number of phenols is 2. The molecule has 0 saturated carbocycles. The van der Waals surface area contributed by atoms with Crippen molar-refractivity contribution in [2.75, 3.05) is 11.9 Å². The Balaban J connectivity index is 3.01. The number of alkyl halides is 1. The summed E-state index contributed by atoms with van der Waals surface area (Å²) in [6.07, 6.45) is 1.78. The maximum atomic E-state index is 12.5. The standard InChI is InChI=1S/C14H20BrNO3/c1-3-11(4-2)16(8-7-15)14(19)10-5-6-12(17)13(18)9-10/h5-6,9,11,17-18H,3-4,7-8H2,1-2H3. The lowest BCUT2D eigenvalue weighted by molar-refractivity contribution is 0.0682. The highest BCUT2D eigenvalue weighted by Gasteiger charge is 2.22. The van der Waals surface area contributed by atoms with Crippen LogP contribution >= 0.6 is 15.9 Å². The van der Waals surface area contributed by atoms with Crippen molar-refractivity contribution < 1.29 is 15.0 Å². The van der Waals surface area contributed by atoms with Crippen LogP contribution in [-0.2, 0) is 0 Å². The maximum Gasteiger partial charge on any atom is 0.254 e. The van der Waals surface area contributed by atoms with E-state index in [1.54, 1.807) is 4.90 Å². The molecular formula is C14H20BrNO3. The normalized spacial score (nSPS) is 10.7. The number of phenolic OH excluding ortho intramolecular Hbond substituents is 2. The Morgan fingerprint density at radius 3 is 2.37 bits per heavy atom. The number of amides is 1. The van der Waals surface area contributed by atoms with E-state index in [0.29, 0.717) is 17.4 Å². The average molecular weight is 330 g/mol. The number of carbonyl (C=O) groups excluding carboxylic acids is 1. The zero-order valence-corrected chi connectivity index (χ0v) is 12.9. The van der Waals surface area contributed by atoms with Crippen LogP contribution in [0.25, 0.3) is 0 Å². The molecule has 0 fully saturated rings. The molecule has 0 unspecified atom stereocenters. The predicted octanol–water partition coefficient (Wildman–Crippen LogP) is 3.12. The van der Waals surface area contributed by atoms with Gasteiger partial charge in [0, 0.05) is 23.5 Å². The van der Waals surface area contributed by atoms with Crippen LogP contribution in [0.5, 0.6) is 11.5 Å². The molecular weight excluding hydrogens is 310 g/mol. The van der Waals surface area contributed by atoms with Gasteiger partial charge in [0.25, 0.3) is 5.91 Å². The van der Waals surface area contributed by atoms with E-state index in [1.807, 2.05) is 0 Å². The van der Waals surface area contributed by atoms with E-state index in [2.05, 4.69) is 29.8 Å². The largest absolute Gasteiger partial charge is 0.504 e. The first kappa shape index (κ1) is 15.8. The average Bonchev–Trinajstić information content (AvgIpc) is 2.41. The van der Waals surface area contributed by atoms with Crippen LogP contribution < -0.4 is 0 Å². The number of hydrogen-bond donors (Lipinski definition) is 2. The zero-order chi connectivity index (χ0) is 14.4. The summed E-state index contributed by atoms with van der Waals surface area (Å²) >= 11 is 3.36. The lowest BCUT2D eigenvalue weighted by Crippen LogP contribution is -2.41. The third kappa shape index (κ3) is 3.86. The van der Waals surface area contributed by atoms with Gasteiger partial charge in [-0.1, -0.05) is 29.8 Å². The topological polar surface area (TPSA) is 60.8 Å². The third-order valence-electron chi connectivity index (χ3n) is 3.19. The summed E-state index contributed by atoms with van der Waals surface area (Å²) in [4.78, 5) is 14.3. The molecule has 0 bridgehead atoms. The van der Waals surface area contributed by atoms with Crippen LogP contribution in [0.15, 0.2) is 18.2 Å². The fourth-order valence-electron chi connectivity index (χ4n) is 2.09. The summed E-state index contributed by atoms with van der Waals surface area (Å²) in [5.74, 6) is -0.608. The van der Waals surface area contributed by atoms with E-state index < -0.39 is 0 Å². The van der Waals surface area contributed by atoms with E-state index in [0.717, 1.165) is 12.8 Å². The van der Waals surface area contributed by atoms with Gasteiger partial charge in [-0.2, -0.15) is 0 Å². The van der Waals surface area contributed by atoms with Crippen molar-refractivity contribution in [3.8, 4) is 11.5 Å². The summed E-state index contributed by atoms with van der Waals surface area (Å²) in [7, 11) is 0. The van der Waals surface area contributed by atoms with Crippen LogP contribution in [0.4, 0.5) is 0 Å². The molecule has 1 aromatic rings. The highest BCUT2D eigenvalue weighted by molar-refractivity contribution is 9.09. The van der Waals surface area contributed by atoms with Crippen molar-refractivity contribution >= 4 is 21.8 Å². The van der Waals surface area contributed by atoms with Crippen molar-refractivity contribution in [3.63, 3.8) is 0 Å². The number of carbonyl (C=O) groups is 1. The SMILES string of the molecule is CCC(CC)N(CCBr)C(=O)c1ccc(O)c(O)c1. The van der Waals surface area contributed by atoms with Crippen LogP contribution in [0.2, 0.25) is 0 Å². The first-order valence-electron chi connectivity index (χ1n) is 6.44. The van der Waals surface area contributed by atoms with Crippen LogP contribution in [-0.4, -0.2) is 38.9 Å². The molecule has 1 rings (SSSR count).